The second kappa shape index (κ2) is 4.91. The van der Waals surface area contributed by atoms with Crippen molar-refractivity contribution in [2.75, 3.05) is 0 Å². The summed E-state index contributed by atoms with van der Waals surface area (Å²) < 4.78 is 6.66. The fourth-order valence-electron chi connectivity index (χ4n) is 3.99. The van der Waals surface area contributed by atoms with E-state index in [1.54, 1.807) is 11.1 Å². The van der Waals surface area contributed by atoms with E-state index in [1.807, 2.05) is 0 Å². The molecular weight excluding hydrogens is 419 g/mol. The van der Waals surface area contributed by atoms with Crippen molar-refractivity contribution in [2.45, 2.75) is 16.7 Å². The van der Waals surface area contributed by atoms with Crippen LogP contribution in [-0.4, -0.2) is 0 Å². The summed E-state index contributed by atoms with van der Waals surface area (Å²) in [4.78, 5) is 0. The van der Waals surface area contributed by atoms with E-state index in [2.05, 4.69) is 82.2 Å². The van der Waals surface area contributed by atoms with Gasteiger partial charge in [-0.2, -0.15) is 0 Å². The molecule has 0 aromatic heterocycles. The molecule has 2 aliphatic rings. The van der Waals surface area contributed by atoms with Crippen molar-refractivity contribution < 1.29 is 20.0 Å². The predicted octanol–water partition coefficient (Wildman–Crippen LogP) is 5.77. The summed E-state index contributed by atoms with van der Waals surface area (Å²) >= 11 is -2.52. The van der Waals surface area contributed by atoms with Crippen molar-refractivity contribution >= 4 is 12.2 Å². The van der Waals surface area contributed by atoms with Gasteiger partial charge in [0.25, 0.3) is 0 Å². The molecule has 2 aliphatic carbocycles. The van der Waals surface area contributed by atoms with Crippen LogP contribution >= 0.6 is 0 Å². The number of hydrogen-bond acceptors (Lipinski definition) is 0. The normalized spacial score (nSPS) is 22.4. The van der Waals surface area contributed by atoms with Crippen molar-refractivity contribution in [3.63, 3.8) is 0 Å². The Morgan fingerprint density at radius 1 is 0.667 bits per heavy atom. The van der Waals surface area contributed by atoms with Gasteiger partial charge in [-0.15, -0.1) is 0 Å². The van der Waals surface area contributed by atoms with Crippen molar-refractivity contribution in [2.24, 2.45) is 0 Å². The Morgan fingerprint density at radius 2 is 1.10 bits per heavy atom. The molecule has 4 rings (SSSR count). The number of hydrogen-bond donors (Lipinski definition) is 0. The Kier molecular flexibility index (Phi) is 3.15. The van der Waals surface area contributed by atoms with Crippen molar-refractivity contribution in [3.05, 3.63) is 82.9 Å². The quantitative estimate of drug-likeness (QED) is 0.522. The summed E-state index contributed by atoms with van der Waals surface area (Å²) in [5, 5.41) is 0. The Labute approximate surface area is 131 Å². The van der Waals surface area contributed by atoms with Gasteiger partial charge in [-0.1, -0.05) is 0 Å². The van der Waals surface area contributed by atoms with Gasteiger partial charge in [-0.3, -0.25) is 0 Å². The molecule has 0 radical (unpaired) electrons. The molecule has 0 fully saturated rings. The first-order chi connectivity index (χ1) is 10.2. The summed E-state index contributed by atoms with van der Waals surface area (Å²) in [5.41, 5.74) is 6.01. The van der Waals surface area contributed by atoms with E-state index in [0.717, 1.165) is 0 Å². The summed E-state index contributed by atoms with van der Waals surface area (Å²) in [6, 6.07) is 17.9. The van der Waals surface area contributed by atoms with E-state index in [4.69, 9.17) is 0 Å². The van der Waals surface area contributed by atoms with Crippen LogP contribution in [0.25, 0.3) is 12.2 Å². The zero-order chi connectivity index (χ0) is 14.4. The Morgan fingerprint density at radius 3 is 1.57 bits per heavy atom. The van der Waals surface area contributed by atoms with E-state index < -0.39 is 20.0 Å². The van der Waals surface area contributed by atoms with E-state index in [9.17, 15) is 0 Å². The number of benzene rings is 2. The van der Waals surface area contributed by atoms with Gasteiger partial charge < -0.3 is 0 Å². The van der Waals surface area contributed by atoms with E-state index in [1.165, 1.54) is 11.1 Å². The van der Waals surface area contributed by atoms with Crippen LogP contribution < -0.4 is 0 Å². The van der Waals surface area contributed by atoms with Gasteiger partial charge in [0.1, 0.15) is 0 Å². The van der Waals surface area contributed by atoms with E-state index >= 15 is 0 Å². The van der Waals surface area contributed by atoms with Crippen molar-refractivity contribution in [3.8, 4) is 0 Å². The van der Waals surface area contributed by atoms with E-state index in [0.29, 0.717) is 7.35 Å². The molecule has 1 heteroatoms. The average Bonchev–Trinajstić information content (AvgIpc) is 3.12. The van der Waals surface area contributed by atoms with Crippen LogP contribution in [0.15, 0.2) is 60.7 Å². The average molecular weight is 439 g/mol. The fourth-order valence-corrected chi connectivity index (χ4v) is 17.3. The first-order valence-electron chi connectivity index (χ1n) is 7.72. The first kappa shape index (κ1) is 13.5. The third-order valence-corrected chi connectivity index (χ3v) is 20.3. The van der Waals surface area contributed by atoms with Crippen LogP contribution in [0.3, 0.4) is 0 Å². The van der Waals surface area contributed by atoms with Gasteiger partial charge in [0.2, 0.25) is 0 Å². The maximum absolute atomic E-state index is 2.63. The number of allylic oxidation sites excluding steroid dienone is 2. The molecule has 0 amide bonds. The number of fused-ring (bicyclic) bond motifs is 2. The predicted molar refractivity (Wildman–Crippen MR) is 88.2 cm³/mol. The molecule has 2 aromatic carbocycles. The van der Waals surface area contributed by atoms with Crippen LogP contribution in [0.2, 0.25) is 9.36 Å². The minimum atomic E-state index is -2.52. The van der Waals surface area contributed by atoms with Crippen molar-refractivity contribution in [1.29, 1.82) is 0 Å². The Balaban J connectivity index is 1.76. The Bertz CT molecular complexity index is 688. The maximum atomic E-state index is 2.63. The zero-order valence-electron chi connectivity index (χ0n) is 12.6. The second-order valence-electron chi connectivity index (χ2n) is 6.75. The van der Waals surface area contributed by atoms with Gasteiger partial charge in [-0.25, -0.2) is 0 Å². The third-order valence-electron chi connectivity index (χ3n) is 5.20. The summed E-state index contributed by atoms with van der Waals surface area (Å²) in [5.74, 6) is 0. The SMILES string of the molecule is [CH3][Hf]([CH3])([CH]1C=Cc2ccccc21)[CH]1C=Cc2ccccc21. The van der Waals surface area contributed by atoms with Crippen LogP contribution in [0.1, 0.15) is 29.6 Å². The zero-order valence-corrected chi connectivity index (χ0v) is 16.2. The monoisotopic (exact) mass is 440 g/mol. The molecule has 2 atom stereocenters. The van der Waals surface area contributed by atoms with Crippen LogP contribution in [-0.2, 0) is 20.0 Å². The van der Waals surface area contributed by atoms with Crippen LogP contribution in [0.4, 0.5) is 0 Å². The van der Waals surface area contributed by atoms with Gasteiger partial charge in [0.15, 0.2) is 0 Å². The summed E-state index contributed by atoms with van der Waals surface area (Å²) in [6.07, 6.45) is 9.65. The molecule has 104 valence electrons. The molecule has 0 heterocycles. The molecule has 0 saturated heterocycles. The van der Waals surface area contributed by atoms with Crippen molar-refractivity contribution in [1.82, 2.24) is 0 Å². The second-order valence-corrected chi connectivity index (χ2v) is 24.3. The molecule has 0 bridgehead atoms. The van der Waals surface area contributed by atoms with Crippen LogP contribution in [0, 0.1) is 0 Å². The van der Waals surface area contributed by atoms with Gasteiger partial charge in [0, 0.05) is 0 Å². The van der Waals surface area contributed by atoms with Gasteiger partial charge in [-0.05, 0) is 0 Å². The summed E-state index contributed by atoms with van der Waals surface area (Å²) in [7, 11) is 0. The first-order valence-corrected chi connectivity index (χ1v) is 19.1. The Hall–Kier alpha value is -1.21. The molecule has 21 heavy (non-hydrogen) atoms. The molecule has 0 N–H and O–H groups in total. The molecule has 0 spiro atoms. The third kappa shape index (κ3) is 2.05. The molecular formula is C20H20Hf. The number of rotatable bonds is 2. The molecule has 2 unspecified atom stereocenters. The molecule has 2 aromatic rings. The summed E-state index contributed by atoms with van der Waals surface area (Å²) in [6.45, 7) is 0. The molecule has 0 nitrogen and oxygen atoms in total. The fraction of sp³-hybridized carbons (Fsp3) is 0.200. The van der Waals surface area contributed by atoms with Gasteiger partial charge in [0.05, 0.1) is 0 Å². The van der Waals surface area contributed by atoms with E-state index in [-0.39, 0.29) is 0 Å². The topological polar surface area (TPSA) is 0 Å². The molecule has 0 aliphatic heterocycles. The van der Waals surface area contributed by atoms with Gasteiger partial charge >= 0.3 is 132 Å². The standard InChI is InChI=1S/2C9H7.2CH3.Hf/c2*1-2-5-9-7-3-6-8(9)4-1;;;/h2*1-7H;2*1H3;. The molecule has 0 saturated carbocycles. The minimum absolute atomic E-state index is 0.703. The van der Waals surface area contributed by atoms with Crippen LogP contribution in [0.5, 0.6) is 0 Å².